The van der Waals surface area contributed by atoms with E-state index in [-0.39, 0.29) is 11.6 Å². The molecule has 36 heavy (non-hydrogen) atoms. The van der Waals surface area contributed by atoms with Gasteiger partial charge in [0.15, 0.2) is 0 Å². The molecule has 180 valence electrons. The van der Waals surface area contributed by atoms with Crippen molar-refractivity contribution in [1.29, 1.82) is 0 Å². The van der Waals surface area contributed by atoms with Gasteiger partial charge in [0.1, 0.15) is 12.2 Å². The maximum atomic E-state index is 13.4. The van der Waals surface area contributed by atoms with Crippen LogP contribution < -0.4 is 5.56 Å². The molecule has 4 heterocycles. The average Bonchev–Trinajstić information content (AvgIpc) is 3.64. The summed E-state index contributed by atoms with van der Waals surface area (Å²) in [6.45, 7) is 1.74. The minimum absolute atomic E-state index is 0.105. The molecular formula is C26H22ClN7O2. The number of benzene rings is 2. The number of imidazole rings is 1. The molecule has 6 rings (SSSR count). The first-order valence-electron chi connectivity index (χ1n) is 11.6. The minimum atomic E-state index is -0.515. The first kappa shape index (κ1) is 22.4. The number of rotatable bonds is 5. The number of hydrogen-bond donors (Lipinski definition) is 2. The van der Waals surface area contributed by atoms with Crippen molar-refractivity contribution in [3.8, 4) is 28.1 Å². The molecule has 0 radical (unpaired) electrons. The normalized spacial score (nSPS) is 15.7. The van der Waals surface area contributed by atoms with Gasteiger partial charge in [0, 0.05) is 22.3 Å². The van der Waals surface area contributed by atoms with Crippen molar-refractivity contribution < 1.29 is 5.11 Å². The summed E-state index contributed by atoms with van der Waals surface area (Å²) in [5.41, 5.74) is 5.80. The van der Waals surface area contributed by atoms with Gasteiger partial charge in [-0.1, -0.05) is 35.9 Å². The van der Waals surface area contributed by atoms with Gasteiger partial charge in [0.25, 0.3) is 5.56 Å². The maximum absolute atomic E-state index is 13.4. The lowest BCUT2D eigenvalue weighted by Gasteiger charge is -2.15. The van der Waals surface area contributed by atoms with Crippen molar-refractivity contribution in [2.45, 2.75) is 31.9 Å². The van der Waals surface area contributed by atoms with E-state index < -0.39 is 6.10 Å². The number of aliphatic hydroxyl groups is 1. The number of aryl methyl sites for hydroxylation is 1. The molecule has 1 unspecified atom stereocenters. The smallest absolute Gasteiger partial charge is 0.252 e. The number of fused-ring (bicyclic) bond motifs is 1. The lowest BCUT2D eigenvalue weighted by Crippen LogP contribution is -2.23. The third kappa shape index (κ3) is 3.92. The van der Waals surface area contributed by atoms with Crippen molar-refractivity contribution in [3.63, 3.8) is 0 Å². The van der Waals surface area contributed by atoms with Crippen LogP contribution >= 0.6 is 11.6 Å². The molecule has 0 aliphatic carbocycles. The van der Waals surface area contributed by atoms with Gasteiger partial charge in [-0.25, -0.2) is 4.98 Å². The predicted molar refractivity (Wildman–Crippen MR) is 135 cm³/mol. The Morgan fingerprint density at radius 2 is 1.94 bits per heavy atom. The van der Waals surface area contributed by atoms with Gasteiger partial charge in [-0.3, -0.25) is 4.79 Å². The van der Waals surface area contributed by atoms with E-state index in [1.807, 2.05) is 47.0 Å². The van der Waals surface area contributed by atoms with E-state index in [2.05, 4.69) is 25.5 Å². The van der Waals surface area contributed by atoms with Crippen LogP contribution in [0.2, 0.25) is 5.02 Å². The summed E-state index contributed by atoms with van der Waals surface area (Å²) in [4.78, 5) is 21.4. The van der Waals surface area contributed by atoms with Gasteiger partial charge in [-0.15, -0.1) is 5.10 Å². The molecule has 2 N–H and O–H groups in total. The van der Waals surface area contributed by atoms with Crippen molar-refractivity contribution in [3.05, 3.63) is 99.6 Å². The van der Waals surface area contributed by atoms with E-state index in [1.165, 1.54) is 6.33 Å². The molecule has 0 fully saturated rings. The van der Waals surface area contributed by atoms with Gasteiger partial charge < -0.3 is 14.7 Å². The molecule has 0 spiro atoms. The highest BCUT2D eigenvalue weighted by atomic mass is 35.5. The van der Waals surface area contributed by atoms with Gasteiger partial charge in [0.2, 0.25) is 0 Å². The molecule has 10 heteroatoms. The monoisotopic (exact) mass is 499 g/mol. The van der Waals surface area contributed by atoms with E-state index in [4.69, 9.17) is 11.6 Å². The van der Waals surface area contributed by atoms with E-state index in [9.17, 15) is 9.90 Å². The molecular weight excluding hydrogens is 478 g/mol. The van der Waals surface area contributed by atoms with E-state index in [0.717, 1.165) is 58.0 Å². The summed E-state index contributed by atoms with van der Waals surface area (Å²) < 4.78 is 3.36. The molecule has 0 bridgehead atoms. The molecule has 0 amide bonds. The quantitative estimate of drug-likeness (QED) is 0.376. The van der Waals surface area contributed by atoms with Crippen LogP contribution in [-0.2, 0) is 6.42 Å². The lowest BCUT2D eigenvalue weighted by atomic mass is 10.0. The van der Waals surface area contributed by atoms with Gasteiger partial charge in [-0.05, 0) is 71.1 Å². The zero-order valence-electron chi connectivity index (χ0n) is 19.3. The third-order valence-electron chi connectivity index (χ3n) is 6.61. The van der Waals surface area contributed by atoms with Crippen LogP contribution in [-0.4, -0.2) is 39.8 Å². The Balaban J connectivity index is 1.35. The molecule has 1 aliphatic rings. The number of aromatic nitrogens is 7. The van der Waals surface area contributed by atoms with Crippen LogP contribution in [0.5, 0.6) is 0 Å². The van der Waals surface area contributed by atoms with Gasteiger partial charge in [-0.2, -0.15) is 4.68 Å². The molecule has 2 aromatic carbocycles. The first-order chi connectivity index (χ1) is 17.5. The van der Waals surface area contributed by atoms with Gasteiger partial charge >= 0.3 is 0 Å². The van der Waals surface area contributed by atoms with Crippen molar-refractivity contribution in [1.82, 2.24) is 34.7 Å². The number of nitrogens with zero attached hydrogens (tertiary/aromatic N) is 6. The Labute approximate surface area is 211 Å². The molecule has 5 aromatic rings. The molecule has 2 atom stereocenters. The molecule has 0 saturated carbocycles. The first-order valence-corrected chi connectivity index (χ1v) is 12.0. The fraction of sp³-hybridized carbons (Fsp3) is 0.192. The lowest BCUT2D eigenvalue weighted by molar-refractivity contribution is 0.199. The number of tetrazole rings is 1. The number of aromatic amines is 1. The summed E-state index contributed by atoms with van der Waals surface area (Å²) in [6, 6.07) is 16.6. The second-order valence-corrected chi connectivity index (χ2v) is 9.33. The topological polar surface area (TPSA) is 115 Å². The molecule has 3 aromatic heterocycles. The summed E-state index contributed by atoms with van der Waals surface area (Å²) in [6.07, 6.45) is 4.29. The van der Waals surface area contributed by atoms with Crippen LogP contribution in [0.3, 0.4) is 0 Å². The van der Waals surface area contributed by atoms with Crippen LogP contribution in [0.25, 0.3) is 28.1 Å². The zero-order valence-corrected chi connectivity index (χ0v) is 20.1. The summed E-state index contributed by atoms with van der Waals surface area (Å²) in [5, 5.41) is 21.8. The van der Waals surface area contributed by atoms with Crippen LogP contribution in [0, 0.1) is 0 Å². The Kier molecular flexibility index (Phi) is 5.50. The average molecular weight is 500 g/mol. The Bertz CT molecular complexity index is 1600. The number of aliphatic hydroxyl groups excluding tert-OH is 1. The Morgan fingerprint density at radius 3 is 2.69 bits per heavy atom. The molecule has 0 saturated heterocycles. The number of hydrogen-bond acceptors (Lipinski definition) is 6. The van der Waals surface area contributed by atoms with Crippen molar-refractivity contribution in [2.24, 2.45) is 0 Å². The SMILES string of the molecule is CC(O)c1ccc(-c2cnc([C@@H]3CCc4cc(-c5cc(Cl)ccc5-n5cnnn5)cc(=O)n43)[nH]2)cc1. The highest BCUT2D eigenvalue weighted by Crippen LogP contribution is 2.34. The number of halogens is 1. The summed E-state index contributed by atoms with van der Waals surface area (Å²) in [5.74, 6) is 0.746. The zero-order chi connectivity index (χ0) is 24.8. The van der Waals surface area contributed by atoms with Crippen LogP contribution in [0.1, 0.15) is 42.6 Å². The highest BCUT2D eigenvalue weighted by Gasteiger charge is 2.28. The maximum Gasteiger partial charge on any atom is 0.252 e. The molecule has 9 nitrogen and oxygen atoms in total. The van der Waals surface area contributed by atoms with Gasteiger partial charge in [0.05, 0.1) is 29.7 Å². The van der Waals surface area contributed by atoms with E-state index in [1.54, 1.807) is 29.9 Å². The third-order valence-corrected chi connectivity index (χ3v) is 6.85. The summed E-state index contributed by atoms with van der Waals surface area (Å²) in [7, 11) is 0. The van der Waals surface area contributed by atoms with Crippen molar-refractivity contribution in [2.75, 3.05) is 0 Å². The van der Waals surface area contributed by atoms with Crippen molar-refractivity contribution >= 4 is 11.6 Å². The summed E-state index contributed by atoms with van der Waals surface area (Å²) >= 11 is 6.30. The van der Waals surface area contributed by atoms with Crippen LogP contribution in [0.15, 0.2) is 71.9 Å². The largest absolute Gasteiger partial charge is 0.389 e. The minimum Gasteiger partial charge on any atom is -0.389 e. The van der Waals surface area contributed by atoms with Crippen LogP contribution in [0.4, 0.5) is 0 Å². The fourth-order valence-corrected chi connectivity index (χ4v) is 4.99. The van der Waals surface area contributed by atoms with E-state index in [0.29, 0.717) is 5.02 Å². The molecule has 1 aliphatic heterocycles. The highest BCUT2D eigenvalue weighted by molar-refractivity contribution is 6.31. The number of nitrogens with one attached hydrogen (secondary N) is 1. The second kappa shape index (κ2) is 8.85. The Hall–Kier alpha value is -4.08. The van der Waals surface area contributed by atoms with E-state index >= 15 is 0 Å². The standard InChI is InChI=1S/C26H22ClN7O2/c1-15(35)16-2-4-17(5-3-16)22-13-28-26(30-22)24-9-7-20-10-18(11-25(36)34(20)24)21-12-19(27)6-8-23(21)33-14-29-31-32-33/h2-6,8,10-15,24,35H,7,9H2,1H3,(H,28,30)/t15?,24-/m0/s1. The number of H-pyrrole nitrogens is 1. The Morgan fingerprint density at radius 1 is 1.11 bits per heavy atom. The fourth-order valence-electron chi connectivity index (χ4n) is 4.81. The predicted octanol–water partition coefficient (Wildman–Crippen LogP) is 4.12. The number of pyridine rings is 1. The second-order valence-electron chi connectivity index (χ2n) is 8.89.